The number of carboxylic acid groups (broad SMARTS) is 1. The fourth-order valence-corrected chi connectivity index (χ4v) is 5.25. The van der Waals surface area contributed by atoms with Crippen molar-refractivity contribution in [3.05, 3.63) is 48.9 Å². The van der Waals surface area contributed by atoms with E-state index < -0.39 is 18.1 Å². The minimum Gasteiger partial charge on any atom is -0.481 e. The quantitative estimate of drug-likeness (QED) is 0.467. The molecule has 1 aliphatic heterocycles. The van der Waals surface area contributed by atoms with Crippen LogP contribution in [0, 0.1) is 11.3 Å². The minimum atomic E-state index is -4.82. The van der Waals surface area contributed by atoms with Crippen molar-refractivity contribution < 1.29 is 27.8 Å². The van der Waals surface area contributed by atoms with E-state index in [0.717, 1.165) is 31.4 Å². The van der Waals surface area contributed by atoms with Crippen molar-refractivity contribution in [1.82, 2.24) is 19.9 Å². The summed E-state index contributed by atoms with van der Waals surface area (Å²) in [5.41, 5.74) is 0.589. The van der Waals surface area contributed by atoms with E-state index in [1.807, 2.05) is 6.07 Å². The predicted octanol–water partition coefficient (Wildman–Crippen LogP) is 5.05. The molecular weight excluding hydrogens is 489 g/mol. The Bertz CT molecular complexity index is 1280. The van der Waals surface area contributed by atoms with Gasteiger partial charge >= 0.3 is 12.3 Å². The minimum absolute atomic E-state index is 0.0842. The summed E-state index contributed by atoms with van der Waals surface area (Å²) >= 11 is 0. The third-order valence-corrected chi connectivity index (χ3v) is 6.90. The average Bonchev–Trinajstić information content (AvgIpc) is 3.26. The number of halogens is 3. The first-order chi connectivity index (χ1) is 17.7. The average molecular weight is 515 g/mol. The summed E-state index contributed by atoms with van der Waals surface area (Å²) in [5.74, 6) is 0.0101. The molecule has 0 aromatic carbocycles. The highest BCUT2D eigenvalue weighted by molar-refractivity contribution is 5.70. The molecule has 12 heteroatoms. The molecule has 2 unspecified atom stereocenters. The van der Waals surface area contributed by atoms with Gasteiger partial charge in [0.1, 0.15) is 23.2 Å². The lowest BCUT2D eigenvalue weighted by Crippen LogP contribution is -2.35. The van der Waals surface area contributed by atoms with Gasteiger partial charge in [-0.1, -0.05) is 6.42 Å². The molecule has 2 atom stereocenters. The summed E-state index contributed by atoms with van der Waals surface area (Å²) in [6.07, 6.45) is 3.70. The van der Waals surface area contributed by atoms with Gasteiger partial charge in [-0.3, -0.25) is 9.78 Å². The summed E-state index contributed by atoms with van der Waals surface area (Å²) < 4.78 is 42.0. The van der Waals surface area contributed by atoms with Crippen molar-refractivity contribution in [2.45, 2.75) is 38.5 Å². The van der Waals surface area contributed by atoms with Crippen LogP contribution in [0.3, 0.4) is 0 Å². The molecule has 2 N–H and O–H groups in total. The highest BCUT2D eigenvalue weighted by atomic mass is 19.4. The van der Waals surface area contributed by atoms with Gasteiger partial charge < -0.3 is 20.1 Å². The first-order valence-corrected chi connectivity index (χ1v) is 11.9. The number of carboxylic acids is 1. The number of aromatic nitrogens is 4. The Hall–Kier alpha value is -3.96. The van der Waals surface area contributed by atoms with Crippen molar-refractivity contribution in [3.63, 3.8) is 0 Å². The van der Waals surface area contributed by atoms with Gasteiger partial charge in [-0.2, -0.15) is 0 Å². The fourth-order valence-electron chi connectivity index (χ4n) is 5.25. The Balaban J connectivity index is 1.44. The fraction of sp³-hybridized carbons (Fsp3) is 0.400. The maximum Gasteiger partial charge on any atom is 0.573 e. The second-order valence-electron chi connectivity index (χ2n) is 9.53. The maximum absolute atomic E-state index is 12.7. The zero-order chi connectivity index (χ0) is 26.0. The number of pyridine rings is 2. The summed E-state index contributed by atoms with van der Waals surface area (Å²) in [4.78, 5) is 31.3. The Labute approximate surface area is 210 Å². The summed E-state index contributed by atoms with van der Waals surface area (Å²) in [5, 5.41) is 12.5. The second kappa shape index (κ2) is 9.83. The number of alkyl halides is 3. The lowest BCUT2D eigenvalue weighted by atomic mass is 9.69. The van der Waals surface area contributed by atoms with Crippen LogP contribution < -0.4 is 15.0 Å². The molecule has 4 heterocycles. The van der Waals surface area contributed by atoms with Gasteiger partial charge in [0.05, 0.1) is 5.92 Å². The highest BCUT2D eigenvalue weighted by Crippen LogP contribution is 2.47. The van der Waals surface area contributed by atoms with Crippen molar-refractivity contribution >= 4 is 23.4 Å². The van der Waals surface area contributed by atoms with Crippen LogP contribution in [0.2, 0.25) is 0 Å². The van der Waals surface area contributed by atoms with Crippen LogP contribution in [0.25, 0.3) is 11.4 Å². The number of carbonyl (C=O) groups is 1. The zero-order valence-corrected chi connectivity index (χ0v) is 19.8. The Kier molecular flexibility index (Phi) is 6.57. The molecule has 0 bridgehead atoms. The van der Waals surface area contributed by atoms with Gasteiger partial charge in [0.2, 0.25) is 0 Å². The topological polar surface area (TPSA) is 113 Å². The van der Waals surface area contributed by atoms with Crippen LogP contribution in [0.5, 0.6) is 5.75 Å². The molecule has 1 aliphatic carbocycles. The third kappa shape index (κ3) is 5.89. The smallest absolute Gasteiger partial charge is 0.481 e. The molecule has 5 rings (SSSR count). The first kappa shape index (κ1) is 24.7. The van der Waals surface area contributed by atoms with Crippen LogP contribution in [-0.2, 0) is 4.79 Å². The van der Waals surface area contributed by atoms with E-state index in [0.29, 0.717) is 49.0 Å². The molecule has 2 aliphatic rings. The van der Waals surface area contributed by atoms with Crippen LogP contribution >= 0.6 is 0 Å². The van der Waals surface area contributed by atoms with Gasteiger partial charge in [-0.25, -0.2) is 15.0 Å². The zero-order valence-electron chi connectivity index (χ0n) is 19.8. The Morgan fingerprint density at radius 2 is 2.03 bits per heavy atom. The lowest BCUT2D eigenvalue weighted by molar-refractivity contribution is -0.274. The number of ether oxygens (including phenoxy) is 1. The molecular formula is C25H25F3N6O3. The van der Waals surface area contributed by atoms with E-state index in [9.17, 15) is 23.1 Å². The predicted molar refractivity (Wildman–Crippen MR) is 128 cm³/mol. The van der Waals surface area contributed by atoms with Gasteiger partial charge in [-0.15, -0.1) is 13.2 Å². The Morgan fingerprint density at radius 3 is 2.78 bits per heavy atom. The number of anilines is 3. The van der Waals surface area contributed by atoms with E-state index in [-0.39, 0.29) is 17.2 Å². The standard InChI is InChI=1S/C25H25F3N6O3/c26-25(27,28)37-18-5-9-30-19(11-18)31-20-12-21(33-22(32-20)17-4-2-8-29-14-17)34-10-7-24(15-34)6-1-3-16(13-24)23(35)36/h2,4-5,8-9,11-12,14,16H,1,3,6-7,10,13,15H2,(H,35,36)(H,30,31,32,33). The highest BCUT2D eigenvalue weighted by Gasteiger charge is 2.44. The van der Waals surface area contributed by atoms with Crippen molar-refractivity contribution in [3.8, 4) is 17.1 Å². The third-order valence-electron chi connectivity index (χ3n) is 6.90. The number of aliphatic carboxylic acids is 1. The molecule has 3 aromatic rings. The van der Waals surface area contributed by atoms with Gasteiger partial charge in [0.25, 0.3) is 0 Å². The molecule has 3 aromatic heterocycles. The molecule has 194 valence electrons. The number of rotatable bonds is 6. The number of nitrogens with one attached hydrogen (secondary N) is 1. The molecule has 1 spiro atoms. The van der Waals surface area contributed by atoms with E-state index in [1.165, 1.54) is 6.20 Å². The van der Waals surface area contributed by atoms with E-state index >= 15 is 0 Å². The lowest BCUT2D eigenvalue weighted by Gasteiger charge is -2.36. The second-order valence-corrected chi connectivity index (χ2v) is 9.53. The Morgan fingerprint density at radius 1 is 1.16 bits per heavy atom. The molecule has 1 saturated heterocycles. The number of hydrogen-bond donors (Lipinski definition) is 2. The van der Waals surface area contributed by atoms with Gasteiger partial charge in [0, 0.05) is 49.4 Å². The van der Waals surface area contributed by atoms with Crippen LogP contribution in [-0.4, -0.2) is 50.5 Å². The van der Waals surface area contributed by atoms with Crippen molar-refractivity contribution in [1.29, 1.82) is 0 Å². The normalized spacial score (nSPS) is 21.7. The maximum atomic E-state index is 12.7. The number of nitrogens with zero attached hydrogens (tertiary/aromatic N) is 5. The van der Waals surface area contributed by atoms with Crippen molar-refractivity contribution in [2.24, 2.45) is 11.3 Å². The number of hydrogen-bond acceptors (Lipinski definition) is 8. The summed E-state index contributed by atoms with van der Waals surface area (Å²) in [6.45, 7) is 1.38. The summed E-state index contributed by atoms with van der Waals surface area (Å²) in [6, 6.07) is 7.55. The SMILES string of the molecule is O=C(O)C1CCCC2(CCN(c3cc(Nc4cc(OC(F)(F)F)ccn4)nc(-c4cccnc4)n3)C2)C1. The van der Waals surface area contributed by atoms with Crippen LogP contribution in [0.4, 0.5) is 30.6 Å². The van der Waals surface area contributed by atoms with E-state index in [1.54, 1.807) is 24.5 Å². The van der Waals surface area contributed by atoms with E-state index in [4.69, 9.17) is 4.98 Å². The molecule has 37 heavy (non-hydrogen) atoms. The molecule has 2 fully saturated rings. The monoisotopic (exact) mass is 514 g/mol. The summed E-state index contributed by atoms with van der Waals surface area (Å²) in [7, 11) is 0. The largest absolute Gasteiger partial charge is 0.573 e. The first-order valence-electron chi connectivity index (χ1n) is 11.9. The van der Waals surface area contributed by atoms with Crippen LogP contribution in [0.1, 0.15) is 32.1 Å². The molecule has 0 amide bonds. The molecule has 0 radical (unpaired) electrons. The molecule has 9 nitrogen and oxygen atoms in total. The van der Waals surface area contributed by atoms with E-state index in [2.05, 4.69) is 29.9 Å². The van der Waals surface area contributed by atoms with Crippen molar-refractivity contribution in [2.75, 3.05) is 23.3 Å². The molecule has 1 saturated carbocycles. The van der Waals surface area contributed by atoms with Gasteiger partial charge in [-0.05, 0) is 49.3 Å². The van der Waals surface area contributed by atoms with Gasteiger partial charge in [0.15, 0.2) is 5.82 Å². The van der Waals surface area contributed by atoms with Crippen LogP contribution in [0.15, 0.2) is 48.9 Å².